The summed E-state index contributed by atoms with van der Waals surface area (Å²) in [5.74, 6) is 0. The monoisotopic (exact) mass is 385 g/mol. The molecule has 0 amide bonds. The fourth-order valence-corrected chi connectivity index (χ4v) is 2.58. The lowest BCUT2D eigenvalue weighted by Crippen LogP contribution is -2.31. The molecule has 1 aromatic heterocycles. The molecular weight excluding hydrogens is 346 g/mol. The minimum absolute atomic E-state index is 0.589. The molecule has 0 aliphatic heterocycles. The molecule has 28 heavy (non-hydrogen) atoms. The van der Waals surface area contributed by atoms with Gasteiger partial charge in [0.1, 0.15) is 6.23 Å². The summed E-state index contributed by atoms with van der Waals surface area (Å²) in [6.07, 6.45) is 18.2. The van der Waals surface area contributed by atoms with Crippen LogP contribution in [0.1, 0.15) is 33.1 Å². The van der Waals surface area contributed by atoms with Crippen molar-refractivity contribution >= 4 is 0 Å². The fourth-order valence-electron chi connectivity index (χ4n) is 2.58. The number of likely N-dealkylation sites (N-methyl/N-ethyl adjacent to an activating group) is 1. The largest absolute Gasteiger partial charge is 0.374 e. The van der Waals surface area contributed by atoms with E-state index in [9.17, 15) is 5.11 Å². The highest BCUT2D eigenvalue weighted by atomic mass is 16.3. The zero-order chi connectivity index (χ0) is 21.0. The zero-order valence-electron chi connectivity index (χ0n) is 17.9. The van der Waals surface area contributed by atoms with E-state index in [0.29, 0.717) is 0 Å². The van der Waals surface area contributed by atoms with Crippen LogP contribution in [0, 0.1) is 0 Å². The van der Waals surface area contributed by atoms with Crippen molar-refractivity contribution in [3.8, 4) is 0 Å². The van der Waals surface area contributed by atoms with Crippen molar-refractivity contribution in [2.24, 2.45) is 0 Å². The van der Waals surface area contributed by atoms with Crippen LogP contribution in [0.4, 0.5) is 0 Å². The highest BCUT2D eigenvalue weighted by Crippen LogP contribution is 2.03. The Morgan fingerprint density at radius 1 is 1.21 bits per heavy atom. The first-order valence-electron chi connectivity index (χ1n) is 10.1. The van der Waals surface area contributed by atoms with Gasteiger partial charge < -0.3 is 15.0 Å². The van der Waals surface area contributed by atoms with Crippen LogP contribution in [0.5, 0.6) is 0 Å². The summed E-state index contributed by atoms with van der Waals surface area (Å²) in [4.78, 5) is 0. The highest BCUT2D eigenvalue weighted by Gasteiger charge is 2.05. The molecule has 0 spiro atoms. The molecule has 3 N–H and O–H groups in total. The summed E-state index contributed by atoms with van der Waals surface area (Å²) in [5.41, 5.74) is 2.11. The number of aromatic nitrogens is 1. The lowest BCUT2D eigenvalue weighted by atomic mass is 10.2. The van der Waals surface area contributed by atoms with Crippen LogP contribution in [0.2, 0.25) is 0 Å². The average Bonchev–Trinajstić information content (AvgIpc) is 3.20. The molecule has 0 radical (unpaired) electrons. The summed E-state index contributed by atoms with van der Waals surface area (Å²) >= 11 is 0. The standard InChI is InChI=1S/C15H24N2O.C9H15N/c1-3-9-14(4-2)15(18)16-10-5-6-11-17-12-7-8-13-17;1-4-6-9(7-5-2)8-10-3/h4,7-9,12-13,15-16,18H,2-3,5-6,10-11H2,1H3;4-7,10H,1,8H2,2-3H3/b14-9-;7-5-,9-6+. The van der Waals surface area contributed by atoms with Crippen molar-refractivity contribution in [1.82, 2.24) is 15.2 Å². The lowest BCUT2D eigenvalue weighted by Gasteiger charge is -2.14. The second-order valence-electron chi connectivity index (χ2n) is 6.31. The van der Waals surface area contributed by atoms with Gasteiger partial charge in [-0.25, -0.2) is 0 Å². The zero-order valence-corrected chi connectivity index (χ0v) is 17.9. The normalized spacial score (nSPS) is 13.1. The van der Waals surface area contributed by atoms with Crippen LogP contribution < -0.4 is 10.6 Å². The van der Waals surface area contributed by atoms with Gasteiger partial charge in [-0.15, -0.1) is 0 Å². The third-order valence-corrected chi connectivity index (χ3v) is 3.93. The van der Waals surface area contributed by atoms with Gasteiger partial charge in [0.05, 0.1) is 0 Å². The minimum Gasteiger partial charge on any atom is -0.374 e. The molecule has 1 atom stereocenters. The smallest absolute Gasteiger partial charge is 0.130 e. The highest BCUT2D eigenvalue weighted by molar-refractivity contribution is 5.23. The molecule has 1 unspecified atom stereocenters. The van der Waals surface area contributed by atoms with Crippen molar-refractivity contribution in [3.05, 3.63) is 85.3 Å². The van der Waals surface area contributed by atoms with Gasteiger partial charge in [-0.3, -0.25) is 5.32 Å². The molecule has 0 saturated heterocycles. The number of nitrogens with zero attached hydrogens (tertiary/aromatic N) is 1. The van der Waals surface area contributed by atoms with E-state index in [0.717, 1.165) is 44.5 Å². The van der Waals surface area contributed by atoms with Crippen molar-refractivity contribution in [2.75, 3.05) is 20.1 Å². The van der Waals surface area contributed by atoms with E-state index in [1.165, 1.54) is 5.57 Å². The summed E-state index contributed by atoms with van der Waals surface area (Å²) in [6.45, 7) is 14.1. The van der Waals surface area contributed by atoms with E-state index in [1.54, 1.807) is 12.2 Å². The topological polar surface area (TPSA) is 49.2 Å². The molecule has 0 fully saturated rings. The van der Waals surface area contributed by atoms with Gasteiger partial charge in [0.15, 0.2) is 0 Å². The Kier molecular flexibility index (Phi) is 16.8. The van der Waals surface area contributed by atoms with Crippen molar-refractivity contribution in [1.29, 1.82) is 0 Å². The quantitative estimate of drug-likeness (QED) is 0.264. The van der Waals surface area contributed by atoms with Gasteiger partial charge in [-0.1, -0.05) is 56.5 Å². The first-order valence-corrected chi connectivity index (χ1v) is 10.1. The van der Waals surface area contributed by atoms with Crippen molar-refractivity contribution < 1.29 is 5.11 Å². The van der Waals surface area contributed by atoms with E-state index in [-0.39, 0.29) is 0 Å². The summed E-state index contributed by atoms with van der Waals surface area (Å²) in [7, 11) is 1.93. The summed E-state index contributed by atoms with van der Waals surface area (Å²) in [6, 6.07) is 4.07. The molecule has 0 saturated carbocycles. The molecule has 156 valence electrons. The molecule has 4 nitrogen and oxygen atoms in total. The maximum Gasteiger partial charge on any atom is 0.130 e. The number of aliphatic hydroxyl groups excluding tert-OH is 1. The second kappa shape index (κ2) is 18.2. The van der Waals surface area contributed by atoms with E-state index >= 15 is 0 Å². The van der Waals surface area contributed by atoms with Gasteiger partial charge in [0.2, 0.25) is 0 Å². The predicted molar refractivity (Wildman–Crippen MR) is 123 cm³/mol. The van der Waals surface area contributed by atoms with E-state index in [2.05, 4.69) is 46.8 Å². The van der Waals surface area contributed by atoms with Crippen LogP contribution >= 0.6 is 0 Å². The van der Waals surface area contributed by atoms with E-state index in [1.807, 2.05) is 51.3 Å². The molecular formula is C24H39N3O. The van der Waals surface area contributed by atoms with Crippen LogP contribution in [-0.4, -0.2) is 36.0 Å². The molecule has 0 aliphatic carbocycles. The lowest BCUT2D eigenvalue weighted by molar-refractivity contribution is 0.175. The van der Waals surface area contributed by atoms with Gasteiger partial charge >= 0.3 is 0 Å². The third kappa shape index (κ3) is 13.1. The van der Waals surface area contributed by atoms with Gasteiger partial charge in [0, 0.05) is 25.5 Å². The number of aryl methyl sites for hydroxylation is 1. The van der Waals surface area contributed by atoms with Crippen LogP contribution in [0.15, 0.2) is 85.3 Å². The van der Waals surface area contributed by atoms with E-state index < -0.39 is 6.23 Å². The molecule has 1 rings (SSSR count). The number of unbranched alkanes of at least 4 members (excludes halogenated alkanes) is 1. The first kappa shape index (κ1) is 25.9. The number of rotatable bonds is 13. The first-order chi connectivity index (χ1) is 13.6. The Bertz CT molecular complexity index is 597. The van der Waals surface area contributed by atoms with Crippen LogP contribution in [0.25, 0.3) is 0 Å². The Hall–Kier alpha value is -2.14. The second-order valence-corrected chi connectivity index (χ2v) is 6.31. The van der Waals surface area contributed by atoms with Gasteiger partial charge in [-0.05, 0) is 63.1 Å². The van der Waals surface area contributed by atoms with Gasteiger partial charge in [-0.2, -0.15) is 0 Å². The molecule has 0 aliphatic rings. The summed E-state index contributed by atoms with van der Waals surface area (Å²) in [5, 5.41) is 16.0. The SMILES string of the molecule is C=C/C(=C/CC)C(O)NCCCCn1cccc1.C=C/C=C(\C=C/C)CNC. The molecule has 4 heteroatoms. The number of aliphatic hydroxyl groups is 1. The maximum atomic E-state index is 9.87. The number of nitrogens with one attached hydrogen (secondary N) is 2. The molecule has 1 heterocycles. The minimum atomic E-state index is -0.589. The average molecular weight is 386 g/mol. The Labute approximate surface area is 172 Å². The summed E-state index contributed by atoms with van der Waals surface area (Å²) < 4.78 is 2.17. The number of hydrogen-bond donors (Lipinski definition) is 3. The Balaban J connectivity index is 0.000000621. The van der Waals surface area contributed by atoms with E-state index in [4.69, 9.17) is 0 Å². The van der Waals surface area contributed by atoms with Crippen LogP contribution in [0.3, 0.4) is 0 Å². The number of hydrogen-bond acceptors (Lipinski definition) is 3. The molecule has 0 aromatic carbocycles. The Morgan fingerprint density at radius 3 is 2.46 bits per heavy atom. The van der Waals surface area contributed by atoms with Gasteiger partial charge in [0.25, 0.3) is 0 Å². The third-order valence-electron chi connectivity index (χ3n) is 3.93. The molecule has 0 bridgehead atoms. The fraction of sp³-hybridized carbons (Fsp3) is 0.417. The van der Waals surface area contributed by atoms with Crippen molar-refractivity contribution in [2.45, 2.75) is 45.9 Å². The predicted octanol–water partition coefficient (Wildman–Crippen LogP) is 4.59. The van der Waals surface area contributed by atoms with Crippen molar-refractivity contribution in [3.63, 3.8) is 0 Å². The number of allylic oxidation sites excluding steroid dienone is 4. The van der Waals surface area contributed by atoms with Crippen LogP contribution in [-0.2, 0) is 6.54 Å². The maximum absolute atomic E-state index is 9.87. The Morgan fingerprint density at radius 2 is 1.93 bits per heavy atom. The molecule has 1 aromatic rings.